The Morgan fingerprint density at radius 3 is 2.39 bits per heavy atom. The summed E-state index contributed by atoms with van der Waals surface area (Å²) in [6.45, 7) is 0.736. The smallest absolute Gasteiger partial charge is 0.315 e. The van der Waals surface area contributed by atoms with Gasteiger partial charge in [-0.3, -0.25) is 0 Å². The van der Waals surface area contributed by atoms with E-state index in [1.807, 2.05) is 54.7 Å². The molecule has 1 atom stereocenters. The number of hydrogen-bond donors (Lipinski definition) is 4. The summed E-state index contributed by atoms with van der Waals surface area (Å²) < 4.78 is 0. The lowest BCUT2D eigenvalue weighted by Crippen LogP contribution is -2.45. The van der Waals surface area contributed by atoms with Crippen molar-refractivity contribution in [1.82, 2.24) is 20.6 Å². The number of aromatic amines is 1. The number of urea groups is 1. The van der Waals surface area contributed by atoms with E-state index in [0.717, 1.165) is 54.9 Å². The predicted molar refractivity (Wildman–Crippen MR) is 123 cm³/mol. The first-order chi connectivity index (χ1) is 15.2. The van der Waals surface area contributed by atoms with Gasteiger partial charge in [-0.1, -0.05) is 60.7 Å². The molecule has 5 N–H and O–H groups in total. The van der Waals surface area contributed by atoms with Gasteiger partial charge in [0.15, 0.2) is 0 Å². The standard InChI is InChI=1S/C25H31N5O/c26-16-19-11-13-21(14-12-19)28-25(31)30-22(15-18-7-3-1-4-8-18)24-27-17-23(29-24)20-9-5-2-6-10-20/h1-10,17,19,21-22H,11-16,26H2,(H,27,29)(H2,28,30,31)/t19?,21?,22-/m0/s1. The second-order valence-electron chi connectivity index (χ2n) is 8.36. The minimum Gasteiger partial charge on any atom is -0.340 e. The molecule has 0 aliphatic heterocycles. The lowest BCUT2D eigenvalue weighted by Gasteiger charge is -2.29. The summed E-state index contributed by atoms with van der Waals surface area (Å²) in [5.41, 5.74) is 8.95. The third kappa shape index (κ3) is 5.73. The molecule has 1 aliphatic rings. The van der Waals surface area contributed by atoms with Gasteiger partial charge in [-0.2, -0.15) is 0 Å². The third-order valence-corrected chi connectivity index (χ3v) is 6.11. The SMILES string of the molecule is NCC1CCC(NC(=O)N[C@@H](Cc2ccccc2)c2ncc(-c3ccccc3)[nH]2)CC1. The number of hydrogen-bond acceptors (Lipinski definition) is 3. The van der Waals surface area contributed by atoms with Crippen molar-refractivity contribution in [2.75, 3.05) is 6.54 Å². The van der Waals surface area contributed by atoms with Gasteiger partial charge >= 0.3 is 6.03 Å². The lowest BCUT2D eigenvalue weighted by atomic mass is 9.86. The minimum atomic E-state index is -0.250. The lowest BCUT2D eigenvalue weighted by molar-refractivity contribution is 0.223. The number of carbonyl (C=O) groups is 1. The Bertz CT molecular complexity index is 948. The fraction of sp³-hybridized carbons (Fsp3) is 0.360. The highest BCUT2D eigenvalue weighted by atomic mass is 16.2. The van der Waals surface area contributed by atoms with Crippen LogP contribution in [0.25, 0.3) is 11.3 Å². The van der Waals surface area contributed by atoms with E-state index in [1.165, 1.54) is 0 Å². The van der Waals surface area contributed by atoms with E-state index >= 15 is 0 Å². The van der Waals surface area contributed by atoms with Gasteiger partial charge in [0.25, 0.3) is 0 Å². The van der Waals surface area contributed by atoms with E-state index in [0.29, 0.717) is 12.3 Å². The maximum Gasteiger partial charge on any atom is 0.315 e. The van der Waals surface area contributed by atoms with Crippen LogP contribution in [0.4, 0.5) is 4.79 Å². The highest BCUT2D eigenvalue weighted by Crippen LogP contribution is 2.24. The molecule has 2 amide bonds. The second kappa shape index (κ2) is 10.3. The number of rotatable bonds is 7. The molecule has 1 aliphatic carbocycles. The predicted octanol–water partition coefficient (Wildman–Crippen LogP) is 4.18. The molecule has 0 unspecified atom stereocenters. The van der Waals surface area contributed by atoms with Gasteiger partial charge in [0.1, 0.15) is 5.82 Å². The third-order valence-electron chi connectivity index (χ3n) is 6.11. The normalized spacial score (nSPS) is 19.5. The summed E-state index contributed by atoms with van der Waals surface area (Å²) in [6, 6.07) is 20.1. The molecule has 4 rings (SSSR count). The first kappa shape index (κ1) is 21.1. The molecule has 1 saturated carbocycles. The molecule has 1 heterocycles. The number of imidazole rings is 1. The first-order valence-electron chi connectivity index (χ1n) is 11.1. The monoisotopic (exact) mass is 417 g/mol. The number of amides is 2. The van der Waals surface area contributed by atoms with Crippen LogP contribution in [0.2, 0.25) is 0 Å². The Balaban J connectivity index is 1.46. The van der Waals surface area contributed by atoms with Gasteiger partial charge in [-0.05, 0) is 55.7 Å². The van der Waals surface area contributed by atoms with Crippen LogP contribution in [0.3, 0.4) is 0 Å². The number of nitrogens with zero attached hydrogens (tertiary/aromatic N) is 1. The van der Waals surface area contributed by atoms with Crippen LogP contribution in [-0.4, -0.2) is 28.6 Å². The van der Waals surface area contributed by atoms with Crippen molar-refractivity contribution < 1.29 is 4.79 Å². The van der Waals surface area contributed by atoms with E-state index in [9.17, 15) is 4.79 Å². The van der Waals surface area contributed by atoms with Crippen LogP contribution >= 0.6 is 0 Å². The Labute approximate surface area is 183 Å². The number of nitrogens with two attached hydrogens (primary N) is 1. The molecule has 6 nitrogen and oxygen atoms in total. The van der Waals surface area contributed by atoms with Crippen molar-refractivity contribution in [3.8, 4) is 11.3 Å². The summed E-state index contributed by atoms with van der Waals surface area (Å²) in [6.07, 6.45) is 6.61. The Morgan fingerprint density at radius 1 is 1.03 bits per heavy atom. The molecular weight excluding hydrogens is 386 g/mol. The molecule has 0 spiro atoms. The topological polar surface area (TPSA) is 95.8 Å². The molecule has 0 bridgehead atoms. The van der Waals surface area contributed by atoms with Gasteiger partial charge in [0.05, 0.1) is 17.9 Å². The van der Waals surface area contributed by atoms with Crippen LogP contribution < -0.4 is 16.4 Å². The summed E-state index contributed by atoms with van der Waals surface area (Å²) in [4.78, 5) is 20.8. The number of H-pyrrole nitrogens is 1. The zero-order valence-corrected chi connectivity index (χ0v) is 17.8. The zero-order valence-electron chi connectivity index (χ0n) is 17.8. The molecule has 0 radical (unpaired) electrons. The van der Waals surface area contributed by atoms with E-state index in [4.69, 9.17) is 5.73 Å². The van der Waals surface area contributed by atoms with Crippen molar-refractivity contribution in [2.24, 2.45) is 11.7 Å². The molecule has 1 fully saturated rings. The zero-order chi connectivity index (χ0) is 21.5. The maximum atomic E-state index is 12.8. The van der Waals surface area contributed by atoms with Crippen molar-refractivity contribution >= 4 is 6.03 Å². The molecule has 3 aromatic rings. The average molecular weight is 418 g/mol. The van der Waals surface area contributed by atoms with Crippen molar-refractivity contribution in [3.05, 3.63) is 78.2 Å². The van der Waals surface area contributed by atoms with Crippen LogP contribution in [0.1, 0.15) is 43.1 Å². The molecule has 162 valence electrons. The Kier molecular flexibility index (Phi) is 6.99. The van der Waals surface area contributed by atoms with Gasteiger partial charge in [0.2, 0.25) is 0 Å². The van der Waals surface area contributed by atoms with E-state index in [1.54, 1.807) is 0 Å². The first-order valence-corrected chi connectivity index (χ1v) is 11.1. The minimum absolute atomic E-state index is 0.144. The number of nitrogens with one attached hydrogen (secondary N) is 3. The Hall–Kier alpha value is -3.12. The molecule has 2 aromatic carbocycles. The highest BCUT2D eigenvalue weighted by molar-refractivity contribution is 5.74. The van der Waals surface area contributed by atoms with E-state index in [2.05, 4.69) is 32.7 Å². The summed E-state index contributed by atoms with van der Waals surface area (Å²) in [5.74, 6) is 1.34. The van der Waals surface area contributed by atoms with Gasteiger partial charge in [-0.15, -0.1) is 0 Å². The molecule has 0 saturated heterocycles. The second-order valence-corrected chi connectivity index (χ2v) is 8.36. The van der Waals surface area contributed by atoms with Gasteiger partial charge in [-0.25, -0.2) is 9.78 Å². The summed E-state index contributed by atoms with van der Waals surface area (Å²) in [7, 11) is 0. The van der Waals surface area contributed by atoms with E-state index < -0.39 is 0 Å². The fourth-order valence-electron chi connectivity index (χ4n) is 4.27. The largest absolute Gasteiger partial charge is 0.340 e. The van der Waals surface area contributed by atoms with Crippen LogP contribution in [0.5, 0.6) is 0 Å². The molecule has 1 aromatic heterocycles. The van der Waals surface area contributed by atoms with Crippen molar-refractivity contribution in [1.29, 1.82) is 0 Å². The van der Waals surface area contributed by atoms with Crippen molar-refractivity contribution in [2.45, 2.75) is 44.2 Å². The quantitative estimate of drug-likeness (QED) is 0.464. The molecule has 6 heteroatoms. The number of benzene rings is 2. The highest BCUT2D eigenvalue weighted by Gasteiger charge is 2.24. The van der Waals surface area contributed by atoms with Crippen molar-refractivity contribution in [3.63, 3.8) is 0 Å². The maximum absolute atomic E-state index is 12.8. The summed E-state index contributed by atoms with van der Waals surface area (Å²) in [5, 5.41) is 6.31. The number of aromatic nitrogens is 2. The van der Waals surface area contributed by atoms with Gasteiger partial charge < -0.3 is 21.4 Å². The Morgan fingerprint density at radius 2 is 1.71 bits per heavy atom. The van der Waals surface area contributed by atoms with Crippen LogP contribution in [0.15, 0.2) is 66.9 Å². The van der Waals surface area contributed by atoms with Crippen LogP contribution in [-0.2, 0) is 6.42 Å². The van der Waals surface area contributed by atoms with Crippen LogP contribution in [0, 0.1) is 5.92 Å². The fourth-order valence-corrected chi connectivity index (χ4v) is 4.27. The average Bonchev–Trinajstić information content (AvgIpc) is 3.31. The number of carbonyl (C=O) groups excluding carboxylic acids is 1. The molecular formula is C25H31N5O. The molecule has 31 heavy (non-hydrogen) atoms. The van der Waals surface area contributed by atoms with Gasteiger partial charge in [0, 0.05) is 6.04 Å². The summed E-state index contributed by atoms with van der Waals surface area (Å²) >= 11 is 0. The van der Waals surface area contributed by atoms with E-state index in [-0.39, 0.29) is 18.1 Å².